The van der Waals surface area contributed by atoms with Gasteiger partial charge in [0, 0.05) is 41.5 Å². The molecule has 1 saturated heterocycles. The van der Waals surface area contributed by atoms with Crippen molar-refractivity contribution in [2.45, 2.75) is 50.0 Å². The van der Waals surface area contributed by atoms with E-state index in [2.05, 4.69) is 14.8 Å². The van der Waals surface area contributed by atoms with Crippen molar-refractivity contribution in [3.8, 4) is 0 Å². The summed E-state index contributed by atoms with van der Waals surface area (Å²) in [6, 6.07) is 7.45. The molecule has 0 bridgehead atoms. The zero-order valence-electron chi connectivity index (χ0n) is 18.4. The zero-order chi connectivity index (χ0) is 23.8. The van der Waals surface area contributed by atoms with Crippen molar-refractivity contribution in [3.05, 3.63) is 52.8 Å². The fraction of sp³-hybridized carbons (Fsp3) is 0.409. The Bertz CT molecular complexity index is 1280. The van der Waals surface area contributed by atoms with E-state index in [0.717, 1.165) is 0 Å². The highest BCUT2D eigenvalue weighted by Crippen LogP contribution is 2.35. The number of nitrogens with zero attached hydrogens (tertiary/aromatic N) is 4. The molecule has 3 heterocycles. The number of carbonyl (C=O) groups is 1. The molecule has 0 saturated carbocycles. The van der Waals surface area contributed by atoms with E-state index >= 15 is 0 Å². The van der Waals surface area contributed by atoms with Crippen LogP contribution < -0.4 is 9.62 Å². The second kappa shape index (κ2) is 9.28. The van der Waals surface area contributed by atoms with Gasteiger partial charge in [-0.15, -0.1) is 0 Å². The van der Waals surface area contributed by atoms with Crippen molar-refractivity contribution in [3.63, 3.8) is 0 Å². The van der Waals surface area contributed by atoms with Crippen LogP contribution in [0.2, 0.25) is 5.02 Å². The molecule has 11 heteroatoms. The maximum atomic E-state index is 12.8. The molecule has 1 aliphatic rings. The van der Waals surface area contributed by atoms with Gasteiger partial charge in [0.25, 0.3) is 0 Å². The van der Waals surface area contributed by atoms with Gasteiger partial charge in [-0.05, 0) is 44.0 Å². The summed E-state index contributed by atoms with van der Waals surface area (Å²) in [7, 11) is -3.72. The Morgan fingerprint density at radius 3 is 2.70 bits per heavy atom. The predicted octanol–water partition coefficient (Wildman–Crippen LogP) is 3.22. The molecule has 1 unspecified atom stereocenters. The van der Waals surface area contributed by atoms with Gasteiger partial charge < -0.3 is 10.0 Å². The summed E-state index contributed by atoms with van der Waals surface area (Å²) >= 11 is 5.88. The van der Waals surface area contributed by atoms with Crippen LogP contribution in [-0.4, -0.2) is 53.2 Å². The number of nitrogens with one attached hydrogen (secondary N) is 1. The summed E-state index contributed by atoms with van der Waals surface area (Å²) in [5, 5.41) is 14.8. The van der Waals surface area contributed by atoms with Gasteiger partial charge in [0.1, 0.15) is 5.82 Å². The van der Waals surface area contributed by atoms with Crippen molar-refractivity contribution >= 4 is 39.1 Å². The number of benzene rings is 1. The maximum absolute atomic E-state index is 12.8. The van der Waals surface area contributed by atoms with Gasteiger partial charge in [0.15, 0.2) is 5.65 Å². The molecule has 4 rings (SSSR count). The normalized spacial score (nSPS) is 17.5. The second-order valence-electron chi connectivity index (χ2n) is 8.22. The number of hydrogen-bond acceptors (Lipinski definition) is 6. The number of sulfonamides is 1. The van der Waals surface area contributed by atoms with Crippen molar-refractivity contribution in [2.75, 3.05) is 18.0 Å². The molecular weight excluding hydrogens is 466 g/mol. The number of aromatic nitrogens is 3. The molecule has 2 atom stereocenters. The third-order valence-corrected chi connectivity index (χ3v) is 7.68. The van der Waals surface area contributed by atoms with Crippen molar-refractivity contribution in [1.82, 2.24) is 19.3 Å². The van der Waals surface area contributed by atoms with E-state index in [1.165, 1.54) is 24.3 Å². The average Bonchev–Trinajstić information content (AvgIpc) is 3.40. The van der Waals surface area contributed by atoms with E-state index in [-0.39, 0.29) is 10.9 Å². The number of aryl methyl sites for hydroxylation is 1. The van der Waals surface area contributed by atoms with E-state index in [0.29, 0.717) is 60.1 Å². The van der Waals surface area contributed by atoms with Crippen molar-refractivity contribution < 1.29 is 18.3 Å². The molecular formula is C22H26ClN5O4S. The number of aliphatic carboxylic acids is 1. The Labute approximate surface area is 197 Å². The Kier molecular flexibility index (Phi) is 6.60. The van der Waals surface area contributed by atoms with Crippen LogP contribution in [0.4, 0.5) is 5.82 Å². The predicted molar refractivity (Wildman–Crippen MR) is 125 cm³/mol. The van der Waals surface area contributed by atoms with Crippen LogP contribution in [0.25, 0.3) is 5.65 Å². The first-order chi connectivity index (χ1) is 15.7. The Hall–Kier alpha value is -2.69. The van der Waals surface area contributed by atoms with Crippen LogP contribution in [0.5, 0.6) is 0 Å². The van der Waals surface area contributed by atoms with Crippen LogP contribution in [0.3, 0.4) is 0 Å². The largest absolute Gasteiger partial charge is 0.481 e. The molecule has 0 amide bonds. The van der Waals surface area contributed by atoms with E-state index in [1.54, 1.807) is 16.8 Å². The van der Waals surface area contributed by atoms with Gasteiger partial charge in [-0.2, -0.15) is 9.61 Å². The topological polar surface area (TPSA) is 117 Å². The lowest BCUT2D eigenvalue weighted by Crippen LogP contribution is -2.37. The molecule has 0 spiro atoms. The molecule has 176 valence electrons. The summed E-state index contributed by atoms with van der Waals surface area (Å²) in [5.41, 5.74) is 1.89. The molecule has 1 aliphatic heterocycles. The fourth-order valence-electron chi connectivity index (χ4n) is 4.39. The minimum Gasteiger partial charge on any atom is -0.481 e. The minimum atomic E-state index is -3.72. The van der Waals surface area contributed by atoms with Crippen molar-refractivity contribution in [1.29, 1.82) is 0 Å². The summed E-state index contributed by atoms with van der Waals surface area (Å²) < 4.78 is 30.1. The quantitative estimate of drug-likeness (QED) is 0.496. The molecule has 1 fully saturated rings. The first-order valence-electron chi connectivity index (χ1n) is 10.8. The zero-order valence-corrected chi connectivity index (χ0v) is 20.0. The van der Waals surface area contributed by atoms with Crippen LogP contribution in [0.15, 0.2) is 41.4 Å². The lowest BCUT2D eigenvalue weighted by atomic mass is 9.93. The van der Waals surface area contributed by atoms with Gasteiger partial charge in [-0.25, -0.2) is 18.1 Å². The summed E-state index contributed by atoms with van der Waals surface area (Å²) in [4.78, 5) is 18.9. The summed E-state index contributed by atoms with van der Waals surface area (Å²) in [6.45, 7) is 4.70. The third kappa shape index (κ3) is 4.68. The number of rotatable bonds is 8. The molecule has 0 radical (unpaired) electrons. The maximum Gasteiger partial charge on any atom is 0.311 e. The van der Waals surface area contributed by atoms with E-state index in [9.17, 15) is 18.3 Å². The highest BCUT2D eigenvalue weighted by Gasteiger charge is 2.34. The monoisotopic (exact) mass is 491 g/mol. The fourth-order valence-corrected chi connectivity index (χ4v) is 5.78. The van der Waals surface area contributed by atoms with Gasteiger partial charge >= 0.3 is 5.97 Å². The van der Waals surface area contributed by atoms with E-state index in [4.69, 9.17) is 11.6 Å². The highest BCUT2D eigenvalue weighted by molar-refractivity contribution is 7.89. The SMILES string of the molecule is CCCC(C(=O)O)c1c(C)nc2ccnn2c1N1CC[C@H](NS(=O)(=O)c2ccc(Cl)cc2)C1. The smallest absolute Gasteiger partial charge is 0.311 e. The van der Waals surface area contributed by atoms with Crippen LogP contribution in [-0.2, 0) is 14.8 Å². The molecule has 3 aromatic rings. The number of hydrogen-bond donors (Lipinski definition) is 2. The molecule has 1 aromatic carbocycles. The van der Waals surface area contributed by atoms with Gasteiger partial charge in [-0.1, -0.05) is 24.9 Å². The first kappa shape index (κ1) is 23.5. The lowest BCUT2D eigenvalue weighted by Gasteiger charge is -2.26. The lowest BCUT2D eigenvalue weighted by molar-refractivity contribution is -0.139. The number of fused-ring (bicyclic) bond motifs is 1. The van der Waals surface area contributed by atoms with Crippen LogP contribution in [0, 0.1) is 6.92 Å². The molecule has 2 aromatic heterocycles. The third-order valence-electron chi connectivity index (χ3n) is 5.89. The van der Waals surface area contributed by atoms with Crippen LogP contribution >= 0.6 is 11.6 Å². The first-order valence-corrected chi connectivity index (χ1v) is 12.7. The molecule has 33 heavy (non-hydrogen) atoms. The van der Waals surface area contributed by atoms with Crippen molar-refractivity contribution in [2.24, 2.45) is 0 Å². The van der Waals surface area contributed by atoms with Gasteiger partial charge in [0.2, 0.25) is 10.0 Å². The number of carboxylic acids is 1. The molecule has 2 N–H and O–H groups in total. The van der Waals surface area contributed by atoms with E-state index in [1.807, 2.05) is 18.7 Å². The standard InChI is InChI=1S/C22H26ClN5O4S/c1-3-4-18(22(29)30)20-14(2)25-19-9-11-24-28(19)21(20)27-12-10-16(13-27)26-33(31,32)17-7-5-15(23)6-8-17/h5-9,11,16,18,26H,3-4,10,12-13H2,1-2H3,(H,29,30)/t16-,18?/m0/s1. The summed E-state index contributed by atoms with van der Waals surface area (Å²) in [5.74, 6) is -0.971. The van der Waals surface area contributed by atoms with Crippen LogP contribution in [0.1, 0.15) is 43.4 Å². The Morgan fingerprint density at radius 2 is 2.03 bits per heavy atom. The number of halogens is 1. The average molecular weight is 492 g/mol. The second-order valence-corrected chi connectivity index (χ2v) is 10.4. The Morgan fingerprint density at radius 1 is 1.30 bits per heavy atom. The number of anilines is 1. The molecule has 9 nitrogen and oxygen atoms in total. The van der Waals surface area contributed by atoms with E-state index < -0.39 is 21.9 Å². The molecule has 0 aliphatic carbocycles. The van der Waals surface area contributed by atoms with Gasteiger partial charge in [-0.3, -0.25) is 4.79 Å². The summed E-state index contributed by atoms with van der Waals surface area (Å²) in [6.07, 6.45) is 3.37. The number of carboxylic acid groups (broad SMARTS) is 1. The minimum absolute atomic E-state index is 0.147. The Balaban J connectivity index is 1.67. The van der Waals surface area contributed by atoms with Gasteiger partial charge in [0.05, 0.1) is 17.0 Å². The highest BCUT2D eigenvalue weighted by atomic mass is 35.5.